The molecule has 12 nitrogen and oxygen atoms in total. The first-order chi connectivity index (χ1) is 19.2. The summed E-state index contributed by atoms with van der Waals surface area (Å²) in [4.78, 5) is 45.3. The third kappa shape index (κ3) is 9.41. The van der Waals surface area contributed by atoms with Crippen molar-refractivity contribution in [2.24, 2.45) is 0 Å². The Morgan fingerprint density at radius 2 is 1.70 bits per heavy atom. The molecule has 1 aromatic heterocycles. The van der Waals surface area contributed by atoms with Crippen LogP contribution in [0, 0.1) is 11.3 Å². The summed E-state index contributed by atoms with van der Waals surface area (Å²) in [6.07, 6.45) is 6.80. The molecule has 40 heavy (non-hydrogen) atoms. The maximum Gasteiger partial charge on any atom is 0.328 e. The lowest BCUT2D eigenvalue weighted by Crippen LogP contribution is -2.48. The summed E-state index contributed by atoms with van der Waals surface area (Å²) in [5.41, 5.74) is 4.84. The summed E-state index contributed by atoms with van der Waals surface area (Å²) in [6, 6.07) is 9.93. The first-order valence-electron chi connectivity index (χ1n) is 12.8. The molecule has 4 rings (SSSR count). The van der Waals surface area contributed by atoms with Crippen LogP contribution in [0.3, 0.4) is 0 Å². The fraction of sp³-hybridized carbons (Fsp3) is 0.407. The molecule has 1 saturated carbocycles. The van der Waals surface area contributed by atoms with E-state index in [-0.39, 0.29) is 17.8 Å². The molecule has 0 bridgehead atoms. The van der Waals surface area contributed by atoms with Crippen molar-refractivity contribution in [3.8, 4) is 6.07 Å². The Morgan fingerprint density at radius 3 is 2.25 bits per heavy atom. The van der Waals surface area contributed by atoms with Gasteiger partial charge in [0.05, 0.1) is 10.5 Å². The number of nitriles is 1. The normalized spacial score (nSPS) is 16.1. The molecule has 1 amide bonds. The van der Waals surface area contributed by atoms with Crippen molar-refractivity contribution in [3.63, 3.8) is 0 Å². The first kappa shape index (κ1) is 30.7. The van der Waals surface area contributed by atoms with E-state index >= 15 is 0 Å². The average molecular weight is 615 g/mol. The highest BCUT2D eigenvalue weighted by atomic mass is 79.9. The zero-order valence-corrected chi connectivity index (χ0v) is 23.7. The topological polar surface area (TPSA) is 163 Å². The molecule has 1 saturated heterocycles. The summed E-state index contributed by atoms with van der Waals surface area (Å²) in [5.74, 6) is -2.11. The molecule has 2 aliphatic rings. The zero-order valence-electron chi connectivity index (χ0n) is 22.2. The Hall–Kier alpha value is -3.86. The fourth-order valence-electron chi connectivity index (χ4n) is 4.40. The number of anilines is 1. The van der Waals surface area contributed by atoms with Gasteiger partial charge in [-0.2, -0.15) is 10.2 Å². The van der Waals surface area contributed by atoms with Crippen LogP contribution >= 0.6 is 15.9 Å². The van der Waals surface area contributed by atoms with E-state index in [1.807, 2.05) is 30.3 Å². The van der Waals surface area contributed by atoms with Gasteiger partial charge in [0, 0.05) is 56.6 Å². The van der Waals surface area contributed by atoms with E-state index in [1.54, 1.807) is 11.2 Å². The second-order valence-corrected chi connectivity index (χ2v) is 10.4. The molecule has 13 heteroatoms. The molecule has 212 valence electrons. The quantitative estimate of drug-likeness (QED) is 0.296. The number of halogens is 1. The lowest BCUT2D eigenvalue weighted by atomic mass is 10.1. The molecule has 1 aromatic carbocycles. The number of amides is 1. The highest BCUT2D eigenvalue weighted by molar-refractivity contribution is 9.10. The monoisotopic (exact) mass is 613 g/mol. The Morgan fingerprint density at radius 1 is 1.10 bits per heavy atom. The average Bonchev–Trinajstić information content (AvgIpc) is 3.48. The van der Waals surface area contributed by atoms with E-state index in [0.717, 1.165) is 58.4 Å². The van der Waals surface area contributed by atoms with Gasteiger partial charge in [0.1, 0.15) is 6.07 Å². The van der Waals surface area contributed by atoms with E-state index < -0.39 is 11.9 Å². The number of carbonyl (C=O) groups is 3. The van der Waals surface area contributed by atoms with Gasteiger partial charge < -0.3 is 15.1 Å². The second-order valence-electron chi connectivity index (χ2n) is 9.51. The number of hydrogen-bond acceptors (Lipinski definition) is 9. The maximum absolute atomic E-state index is 13.1. The third-order valence-electron chi connectivity index (χ3n) is 6.55. The number of hydrazine groups is 1. The largest absolute Gasteiger partial charge is 0.478 e. The van der Waals surface area contributed by atoms with Gasteiger partial charge in [0.15, 0.2) is 5.82 Å². The van der Waals surface area contributed by atoms with Crippen LogP contribution in [-0.4, -0.2) is 87.1 Å². The number of rotatable bonds is 8. The summed E-state index contributed by atoms with van der Waals surface area (Å²) in [6.45, 7) is 5.20. The highest BCUT2D eigenvalue weighted by Crippen LogP contribution is 2.30. The molecule has 1 aliphatic heterocycles. The van der Waals surface area contributed by atoms with Crippen LogP contribution in [0.5, 0.6) is 0 Å². The lowest BCUT2D eigenvalue weighted by Gasteiger charge is -2.32. The third-order valence-corrected chi connectivity index (χ3v) is 7.11. The van der Waals surface area contributed by atoms with Crippen LogP contribution in [0.25, 0.3) is 0 Å². The van der Waals surface area contributed by atoms with E-state index in [2.05, 4.69) is 48.2 Å². The van der Waals surface area contributed by atoms with Gasteiger partial charge in [0.25, 0.3) is 5.91 Å². The Kier molecular flexibility index (Phi) is 11.6. The second kappa shape index (κ2) is 15.1. The van der Waals surface area contributed by atoms with Gasteiger partial charge in [-0.05, 0) is 53.5 Å². The van der Waals surface area contributed by atoms with Gasteiger partial charge in [0.2, 0.25) is 5.82 Å². The molecule has 2 heterocycles. The van der Waals surface area contributed by atoms with Gasteiger partial charge in [-0.25, -0.2) is 14.6 Å². The predicted octanol–water partition coefficient (Wildman–Crippen LogP) is 2.66. The lowest BCUT2D eigenvalue weighted by molar-refractivity contribution is -0.134. The predicted molar refractivity (Wildman–Crippen MR) is 150 cm³/mol. The van der Waals surface area contributed by atoms with Gasteiger partial charge in [-0.1, -0.05) is 25.0 Å². The standard InChI is InChI=1S/C23H28BrN7O.C4H4O4/c1-29-10-12-30(13-11-29)16-17-6-8-18(9-7-17)23(32)28-31(19-4-2-3-5-19)22-20(24)15-26-21(14-25)27-22;5-3(6)1-2-4(7)8/h6-9,15,19H,2-5,10-13,16H2,1H3,(H,28,32);1-2H,(H,5,6)(H,7,8)/b;2-1+. The number of benzene rings is 1. The Labute approximate surface area is 241 Å². The summed E-state index contributed by atoms with van der Waals surface area (Å²) in [5, 5.41) is 26.6. The van der Waals surface area contributed by atoms with Crippen molar-refractivity contribution in [2.75, 3.05) is 38.2 Å². The highest BCUT2D eigenvalue weighted by Gasteiger charge is 2.28. The SMILES string of the molecule is CN1CCN(Cc2ccc(C(=O)NN(c3nc(C#N)ncc3Br)C3CCCC3)cc2)CC1.O=C(O)/C=C/C(=O)O. The number of piperazine rings is 1. The number of likely N-dealkylation sites (N-methyl/N-ethyl adjacent to an activating group) is 1. The van der Waals surface area contributed by atoms with Gasteiger partial charge in [-0.3, -0.25) is 20.1 Å². The van der Waals surface area contributed by atoms with E-state index in [0.29, 0.717) is 28.0 Å². The van der Waals surface area contributed by atoms with Gasteiger partial charge >= 0.3 is 11.9 Å². The van der Waals surface area contributed by atoms with Crippen LogP contribution in [0.1, 0.15) is 47.4 Å². The number of carboxylic acids is 2. The van der Waals surface area contributed by atoms with Crippen molar-refractivity contribution in [1.82, 2.24) is 25.2 Å². The van der Waals surface area contributed by atoms with Crippen LogP contribution in [-0.2, 0) is 16.1 Å². The van der Waals surface area contributed by atoms with E-state index in [4.69, 9.17) is 10.2 Å². The number of carboxylic acid groups (broad SMARTS) is 2. The van der Waals surface area contributed by atoms with Crippen LogP contribution in [0.2, 0.25) is 0 Å². The molecule has 0 spiro atoms. The molecule has 3 N–H and O–H groups in total. The summed E-state index contributed by atoms with van der Waals surface area (Å²) < 4.78 is 0.645. The number of hydrogen-bond donors (Lipinski definition) is 3. The number of nitrogens with zero attached hydrogens (tertiary/aromatic N) is 6. The van der Waals surface area contributed by atoms with Crippen LogP contribution < -0.4 is 10.4 Å². The molecular formula is C27H32BrN7O5. The van der Waals surface area contributed by atoms with E-state index in [9.17, 15) is 19.6 Å². The van der Waals surface area contributed by atoms with Crippen molar-refractivity contribution in [3.05, 3.63) is 64.0 Å². The summed E-state index contributed by atoms with van der Waals surface area (Å²) in [7, 11) is 2.15. The molecule has 2 fully saturated rings. The Balaban J connectivity index is 0.000000482. The van der Waals surface area contributed by atoms with Crippen molar-refractivity contribution in [2.45, 2.75) is 38.3 Å². The molecule has 0 atom stereocenters. The minimum absolute atomic E-state index is 0.0775. The van der Waals surface area contributed by atoms with Crippen molar-refractivity contribution < 1.29 is 24.6 Å². The molecule has 0 unspecified atom stereocenters. The van der Waals surface area contributed by atoms with Crippen molar-refractivity contribution in [1.29, 1.82) is 5.26 Å². The molecular weight excluding hydrogens is 582 g/mol. The number of aromatic nitrogens is 2. The number of aliphatic carboxylic acids is 2. The zero-order chi connectivity index (χ0) is 29.1. The molecule has 1 aliphatic carbocycles. The Bertz CT molecular complexity index is 1230. The first-order valence-corrected chi connectivity index (χ1v) is 13.6. The van der Waals surface area contributed by atoms with Crippen molar-refractivity contribution >= 4 is 39.6 Å². The number of nitrogens with one attached hydrogen (secondary N) is 1. The fourth-order valence-corrected chi connectivity index (χ4v) is 4.78. The van der Waals surface area contributed by atoms with E-state index in [1.165, 1.54) is 5.56 Å². The number of carbonyl (C=O) groups excluding carboxylic acids is 1. The molecule has 0 radical (unpaired) electrons. The smallest absolute Gasteiger partial charge is 0.328 e. The minimum atomic E-state index is -1.26. The molecule has 2 aromatic rings. The van der Waals surface area contributed by atoms with Crippen LogP contribution in [0.15, 0.2) is 47.1 Å². The maximum atomic E-state index is 13.1. The van der Waals surface area contributed by atoms with Gasteiger partial charge in [-0.15, -0.1) is 0 Å². The summed E-state index contributed by atoms with van der Waals surface area (Å²) >= 11 is 3.48. The van der Waals surface area contributed by atoms with Crippen LogP contribution in [0.4, 0.5) is 5.82 Å². The minimum Gasteiger partial charge on any atom is -0.478 e.